The van der Waals surface area contributed by atoms with Gasteiger partial charge in [-0.1, -0.05) is 15.9 Å². The van der Waals surface area contributed by atoms with Crippen LogP contribution in [0.5, 0.6) is 0 Å². The number of H-pyrrole nitrogens is 1. The van der Waals surface area contributed by atoms with Gasteiger partial charge in [0.15, 0.2) is 5.65 Å². The molecule has 1 unspecified atom stereocenters. The van der Waals surface area contributed by atoms with Crippen molar-refractivity contribution in [3.8, 4) is 0 Å². The highest BCUT2D eigenvalue weighted by Crippen LogP contribution is 2.20. The number of ether oxygens (including phenoxy) is 1. The molecular weight excluding hydrogens is 314 g/mol. The minimum Gasteiger partial charge on any atom is -0.377 e. The van der Waals surface area contributed by atoms with Gasteiger partial charge in [-0.3, -0.25) is 0 Å². The number of nitrogens with one attached hydrogen (secondary N) is 1. The highest BCUT2D eigenvalue weighted by atomic mass is 79.9. The molecule has 1 aliphatic rings. The van der Waals surface area contributed by atoms with Crippen molar-refractivity contribution in [2.45, 2.75) is 13.0 Å². The van der Waals surface area contributed by atoms with Crippen molar-refractivity contribution in [3.63, 3.8) is 0 Å². The van der Waals surface area contributed by atoms with Gasteiger partial charge in [-0.25, -0.2) is 19.3 Å². The second-order valence-corrected chi connectivity index (χ2v) is 5.11. The van der Waals surface area contributed by atoms with E-state index in [0.29, 0.717) is 24.7 Å². The molecule has 1 N–H and O–H groups in total. The zero-order chi connectivity index (χ0) is 13.4. The van der Waals surface area contributed by atoms with E-state index >= 15 is 0 Å². The lowest BCUT2D eigenvalue weighted by molar-refractivity contribution is 0.1000. The number of halogens is 1. The Morgan fingerprint density at radius 1 is 1.63 bits per heavy atom. The summed E-state index contributed by atoms with van der Waals surface area (Å²) in [6.45, 7) is 3.94. The maximum absolute atomic E-state index is 11.6. The van der Waals surface area contributed by atoms with Crippen LogP contribution in [-0.2, 0) is 4.74 Å². The number of rotatable bonds is 2. The molecule has 1 atom stereocenters. The van der Waals surface area contributed by atoms with Crippen LogP contribution >= 0.6 is 15.9 Å². The Balaban J connectivity index is 2.07. The van der Waals surface area contributed by atoms with Crippen LogP contribution in [0.2, 0.25) is 0 Å². The minimum absolute atomic E-state index is 0.244. The first-order valence-corrected chi connectivity index (χ1v) is 7.18. The lowest BCUT2D eigenvalue weighted by Crippen LogP contribution is -2.47. The Labute approximate surface area is 117 Å². The molecule has 102 valence electrons. The smallest absolute Gasteiger partial charge is 0.349 e. The first kappa shape index (κ1) is 12.6. The molecule has 8 heteroatoms. The molecule has 0 aliphatic carbocycles. The maximum atomic E-state index is 11.6. The molecule has 1 saturated heterocycles. The topological polar surface area (TPSA) is 75.5 Å². The molecule has 2 aromatic rings. The second kappa shape index (κ2) is 4.93. The van der Waals surface area contributed by atoms with Crippen molar-refractivity contribution in [2.75, 3.05) is 30.0 Å². The number of aromatic nitrogens is 4. The molecule has 2 aromatic heterocycles. The zero-order valence-corrected chi connectivity index (χ0v) is 12.1. The standard InChI is InChI=1S/C11H14BrN5O2/c1-7-13-9(4-10-14-15-11(18)17(7)10)16-2-3-19-6-8(16)5-12/h4,8H,2-3,5-6H2,1H3,(H,15,18). The van der Waals surface area contributed by atoms with Crippen molar-refractivity contribution in [2.24, 2.45) is 0 Å². The summed E-state index contributed by atoms with van der Waals surface area (Å²) >= 11 is 3.49. The molecule has 0 amide bonds. The third kappa shape index (κ3) is 2.14. The molecule has 0 aromatic carbocycles. The fourth-order valence-electron chi connectivity index (χ4n) is 2.31. The number of aryl methyl sites for hydroxylation is 1. The average Bonchev–Trinajstić information content (AvgIpc) is 2.80. The molecule has 3 heterocycles. The normalized spacial score (nSPS) is 20.1. The van der Waals surface area contributed by atoms with Crippen LogP contribution in [0.4, 0.5) is 5.82 Å². The molecule has 0 bridgehead atoms. The van der Waals surface area contributed by atoms with Crippen LogP contribution in [0.15, 0.2) is 10.9 Å². The van der Waals surface area contributed by atoms with Gasteiger partial charge >= 0.3 is 5.69 Å². The van der Waals surface area contributed by atoms with Crippen molar-refractivity contribution < 1.29 is 4.74 Å². The Hall–Kier alpha value is -1.41. The first-order valence-electron chi connectivity index (χ1n) is 6.06. The molecule has 0 spiro atoms. The van der Waals surface area contributed by atoms with Gasteiger partial charge < -0.3 is 9.64 Å². The van der Waals surface area contributed by atoms with Crippen LogP contribution in [-0.4, -0.2) is 50.7 Å². The Bertz CT molecular complexity index is 652. The lowest BCUT2D eigenvalue weighted by Gasteiger charge is -2.35. The van der Waals surface area contributed by atoms with Crippen molar-refractivity contribution >= 4 is 27.4 Å². The predicted octanol–water partition coefficient (Wildman–Crippen LogP) is 0.326. The third-order valence-corrected chi connectivity index (χ3v) is 4.00. The minimum atomic E-state index is -0.259. The van der Waals surface area contributed by atoms with Crippen molar-refractivity contribution in [1.82, 2.24) is 19.6 Å². The molecule has 0 radical (unpaired) electrons. The number of hydrogen-bond donors (Lipinski definition) is 1. The van der Waals surface area contributed by atoms with E-state index in [4.69, 9.17) is 4.74 Å². The predicted molar refractivity (Wildman–Crippen MR) is 74.1 cm³/mol. The van der Waals surface area contributed by atoms with E-state index in [1.807, 2.05) is 6.07 Å². The summed E-state index contributed by atoms with van der Waals surface area (Å²) in [5, 5.41) is 7.25. The summed E-state index contributed by atoms with van der Waals surface area (Å²) in [7, 11) is 0. The average molecular weight is 328 g/mol. The monoisotopic (exact) mass is 327 g/mol. The van der Waals surface area contributed by atoms with Crippen LogP contribution in [0.3, 0.4) is 0 Å². The molecule has 3 rings (SSSR count). The fourth-order valence-corrected chi connectivity index (χ4v) is 2.85. The first-order chi connectivity index (χ1) is 9.20. The maximum Gasteiger partial charge on any atom is 0.349 e. The van der Waals surface area contributed by atoms with Gasteiger partial charge in [0, 0.05) is 17.9 Å². The van der Waals surface area contributed by atoms with Crippen LogP contribution in [0.1, 0.15) is 5.82 Å². The van der Waals surface area contributed by atoms with Gasteiger partial charge in [-0.05, 0) is 6.92 Å². The molecular formula is C11H14BrN5O2. The van der Waals surface area contributed by atoms with E-state index in [1.165, 1.54) is 4.40 Å². The van der Waals surface area contributed by atoms with E-state index in [9.17, 15) is 4.79 Å². The summed E-state index contributed by atoms with van der Waals surface area (Å²) in [4.78, 5) is 18.3. The highest BCUT2D eigenvalue weighted by Gasteiger charge is 2.24. The van der Waals surface area contributed by atoms with E-state index in [1.54, 1.807) is 6.92 Å². The Morgan fingerprint density at radius 2 is 2.47 bits per heavy atom. The molecule has 0 saturated carbocycles. The number of alkyl halides is 1. The van der Waals surface area contributed by atoms with E-state index in [0.717, 1.165) is 17.7 Å². The zero-order valence-electron chi connectivity index (χ0n) is 10.5. The van der Waals surface area contributed by atoms with E-state index < -0.39 is 0 Å². The second-order valence-electron chi connectivity index (χ2n) is 4.46. The van der Waals surface area contributed by atoms with E-state index in [2.05, 4.69) is 36.0 Å². The van der Waals surface area contributed by atoms with Crippen LogP contribution in [0, 0.1) is 6.92 Å². The molecule has 19 heavy (non-hydrogen) atoms. The Morgan fingerprint density at radius 3 is 3.26 bits per heavy atom. The van der Waals surface area contributed by atoms with Gasteiger partial charge in [0.1, 0.15) is 11.6 Å². The number of nitrogens with zero attached hydrogens (tertiary/aromatic N) is 4. The fraction of sp³-hybridized carbons (Fsp3) is 0.545. The number of aromatic amines is 1. The number of morpholine rings is 1. The third-order valence-electron chi connectivity index (χ3n) is 3.26. The summed E-state index contributed by atoms with van der Waals surface area (Å²) < 4.78 is 6.94. The van der Waals surface area contributed by atoms with Gasteiger partial charge in [0.05, 0.1) is 19.3 Å². The molecule has 1 aliphatic heterocycles. The van der Waals surface area contributed by atoms with Gasteiger partial charge in [-0.2, -0.15) is 5.10 Å². The number of hydrogen-bond acceptors (Lipinski definition) is 5. The lowest BCUT2D eigenvalue weighted by atomic mass is 10.2. The Kier molecular flexibility index (Phi) is 3.28. The summed E-state index contributed by atoms with van der Waals surface area (Å²) in [5.41, 5.74) is 0.331. The quantitative estimate of drug-likeness (QED) is 0.804. The number of fused-ring (bicyclic) bond motifs is 1. The molecule has 7 nitrogen and oxygen atoms in total. The number of anilines is 1. The van der Waals surface area contributed by atoms with Crippen LogP contribution in [0.25, 0.3) is 5.65 Å². The van der Waals surface area contributed by atoms with Gasteiger partial charge in [0.25, 0.3) is 0 Å². The molecule has 1 fully saturated rings. The van der Waals surface area contributed by atoms with Crippen LogP contribution < -0.4 is 10.6 Å². The van der Waals surface area contributed by atoms with Gasteiger partial charge in [-0.15, -0.1) is 0 Å². The SMILES string of the molecule is Cc1nc(N2CCOCC2CBr)cc2n[nH]c(=O)n12. The van der Waals surface area contributed by atoms with Crippen molar-refractivity contribution in [3.05, 3.63) is 22.4 Å². The largest absolute Gasteiger partial charge is 0.377 e. The summed E-state index contributed by atoms with van der Waals surface area (Å²) in [6, 6.07) is 2.07. The summed E-state index contributed by atoms with van der Waals surface area (Å²) in [5.74, 6) is 1.46. The highest BCUT2D eigenvalue weighted by molar-refractivity contribution is 9.09. The summed E-state index contributed by atoms with van der Waals surface area (Å²) in [6.07, 6.45) is 0. The van der Waals surface area contributed by atoms with Crippen molar-refractivity contribution in [1.29, 1.82) is 0 Å². The van der Waals surface area contributed by atoms with E-state index in [-0.39, 0.29) is 11.7 Å². The van der Waals surface area contributed by atoms with Gasteiger partial charge in [0.2, 0.25) is 0 Å².